The summed E-state index contributed by atoms with van der Waals surface area (Å²) < 4.78 is 0. The fourth-order valence-electron chi connectivity index (χ4n) is 1.80. The van der Waals surface area contributed by atoms with Crippen molar-refractivity contribution in [3.63, 3.8) is 0 Å². The minimum absolute atomic E-state index is 0.348. The van der Waals surface area contributed by atoms with E-state index in [1.807, 2.05) is 0 Å². The van der Waals surface area contributed by atoms with Crippen LogP contribution in [0.25, 0.3) is 0 Å². The number of hydrogen-bond acceptors (Lipinski definition) is 2. The van der Waals surface area contributed by atoms with E-state index in [0.29, 0.717) is 10.2 Å². The van der Waals surface area contributed by atoms with Crippen LogP contribution in [0.1, 0.15) is 16.9 Å². The first-order valence-electron chi connectivity index (χ1n) is 4.88. The molecule has 0 aliphatic carbocycles. The Balaban J connectivity index is 2.05. The molecule has 14 heavy (non-hydrogen) atoms. The Morgan fingerprint density at radius 3 is 2.64 bits per heavy atom. The van der Waals surface area contributed by atoms with Crippen molar-refractivity contribution in [2.45, 2.75) is 16.6 Å². The summed E-state index contributed by atoms with van der Waals surface area (Å²) in [4.78, 5) is 2.77. The molecule has 1 nitrogen and oxygen atoms in total. The summed E-state index contributed by atoms with van der Waals surface area (Å²) in [7, 11) is 0. The van der Waals surface area contributed by atoms with Gasteiger partial charge in [-0.3, -0.25) is 4.90 Å². The Bertz CT molecular complexity index is 291. The van der Waals surface area contributed by atoms with E-state index in [9.17, 15) is 0 Å². The molecule has 76 valence electrons. The molecular weight excluding hydrogens is 258 g/mol. The second kappa shape index (κ2) is 4.69. The van der Waals surface area contributed by atoms with Crippen LogP contribution < -0.4 is 0 Å². The average Bonchev–Trinajstić information content (AvgIpc) is 2.65. The van der Waals surface area contributed by atoms with E-state index in [-0.39, 0.29) is 0 Å². The van der Waals surface area contributed by atoms with E-state index in [1.54, 1.807) is 0 Å². The molecule has 0 N–H and O–H groups in total. The van der Waals surface area contributed by atoms with Crippen LogP contribution in [0, 0.1) is 0 Å². The van der Waals surface area contributed by atoms with Crippen LogP contribution in [0.15, 0.2) is 30.3 Å². The minimum atomic E-state index is 0.348. The van der Waals surface area contributed by atoms with Crippen molar-refractivity contribution in [1.29, 1.82) is 0 Å². The molecule has 2 atom stereocenters. The van der Waals surface area contributed by atoms with Crippen molar-refractivity contribution in [2.75, 3.05) is 13.1 Å². The molecule has 0 bridgehead atoms. The summed E-state index contributed by atoms with van der Waals surface area (Å²) in [5.41, 5.74) is 1.33. The zero-order valence-electron chi connectivity index (χ0n) is 7.94. The normalized spacial score (nSPS) is 25.1. The van der Waals surface area contributed by atoms with Crippen LogP contribution in [-0.4, -0.2) is 23.2 Å². The first kappa shape index (κ1) is 10.5. The number of nitrogens with zero attached hydrogens (tertiary/aromatic N) is 1. The Morgan fingerprint density at radius 1 is 1.36 bits per heavy atom. The van der Waals surface area contributed by atoms with Crippen molar-refractivity contribution in [3.05, 3.63) is 35.9 Å². The highest BCUT2D eigenvalue weighted by Gasteiger charge is 2.25. The molecule has 1 aliphatic heterocycles. The number of halogens is 1. The van der Waals surface area contributed by atoms with E-state index in [0.717, 1.165) is 13.1 Å². The highest BCUT2D eigenvalue weighted by atomic mass is 79.9. The highest BCUT2D eigenvalue weighted by molar-refractivity contribution is 9.09. The molecule has 3 heteroatoms. The Hall–Kier alpha value is 0.0100. The maximum atomic E-state index is 4.50. The molecule has 0 amide bonds. The van der Waals surface area contributed by atoms with Crippen LogP contribution in [-0.2, 0) is 0 Å². The molecule has 0 spiro atoms. The summed E-state index contributed by atoms with van der Waals surface area (Å²) >= 11 is 8.23. The summed E-state index contributed by atoms with van der Waals surface area (Å²) in [6.45, 7) is 2.22. The maximum Gasteiger partial charge on any atom is 0.0911 e. The van der Waals surface area contributed by atoms with Gasteiger partial charge in [0.1, 0.15) is 0 Å². The van der Waals surface area contributed by atoms with Gasteiger partial charge in [0, 0.05) is 18.3 Å². The number of hydrogen-bond donors (Lipinski definition) is 1. The third kappa shape index (κ3) is 2.33. The lowest BCUT2D eigenvalue weighted by Gasteiger charge is -2.22. The third-order valence-corrected chi connectivity index (χ3v) is 4.12. The highest BCUT2D eigenvalue weighted by Crippen LogP contribution is 2.31. The monoisotopic (exact) mass is 271 g/mol. The minimum Gasteiger partial charge on any atom is -0.286 e. The van der Waals surface area contributed by atoms with Crippen molar-refractivity contribution < 1.29 is 0 Å². The van der Waals surface area contributed by atoms with Gasteiger partial charge in [0.05, 0.1) is 4.95 Å². The van der Waals surface area contributed by atoms with Crippen LogP contribution in [0.4, 0.5) is 0 Å². The average molecular weight is 272 g/mol. The van der Waals surface area contributed by atoms with Crippen LogP contribution >= 0.6 is 28.6 Å². The van der Waals surface area contributed by atoms with Crippen LogP contribution in [0.3, 0.4) is 0 Å². The van der Waals surface area contributed by atoms with Crippen LogP contribution in [0.5, 0.6) is 0 Å². The number of likely N-dealkylation sites (tertiary alicyclic amines) is 1. The number of benzene rings is 1. The second-order valence-electron chi connectivity index (χ2n) is 3.68. The molecule has 1 aromatic rings. The van der Waals surface area contributed by atoms with Gasteiger partial charge in [-0.2, -0.15) is 12.6 Å². The Morgan fingerprint density at radius 2 is 2.07 bits per heavy atom. The largest absolute Gasteiger partial charge is 0.286 e. The van der Waals surface area contributed by atoms with Crippen molar-refractivity contribution in [1.82, 2.24) is 4.90 Å². The first-order valence-corrected chi connectivity index (χ1v) is 6.31. The number of rotatable bonds is 2. The van der Waals surface area contributed by atoms with E-state index in [4.69, 9.17) is 0 Å². The SMILES string of the molecule is SC1CCN(C(Br)c2ccccc2)C1. The van der Waals surface area contributed by atoms with Crippen molar-refractivity contribution >= 4 is 28.6 Å². The van der Waals surface area contributed by atoms with E-state index in [2.05, 4.69) is 63.8 Å². The first-order chi connectivity index (χ1) is 6.77. The van der Waals surface area contributed by atoms with E-state index >= 15 is 0 Å². The fraction of sp³-hybridized carbons (Fsp3) is 0.455. The molecule has 0 aromatic heterocycles. The molecular formula is C11H14BrNS. The lowest BCUT2D eigenvalue weighted by atomic mass is 10.2. The van der Waals surface area contributed by atoms with Crippen LogP contribution in [0.2, 0.25) is 0 Å². The summed E-state index contributed by atoms with van der Waals surface area (Å²) in [6.07, 6.45) is 1.19. The molecule has 2 unspecified atom stereocenters. The third-order valence-electron chi connectivity index (χ3n) is 2.59. The summed E-state index contributed by atoms with van der Waals surface area (Å²) in [6, 6.07) is 10.5. The maximum absolute atomic E-state index is 4.50. The van der Waals surface area contributed by atoms with Crippen molar-refractivity contribution in [3.8, 4) is 0 Å². The number of thiol groups is 1. The molecule has 1 aliphatic rings. The number of alkyl halides is 1. The fourth-order valence-corrected chi connectivity index (χ4v) is 2.80. The van der Waals surface area contributed by atoms with Gasteiger partial charge in [-0.1, -0.05) is 46.3 Å². The van der Waals surface area contributed by atoms with Crippen molar-refractivity contribution in [2.24, 2.45) is 0 Å². The van der Waals surface area contributed by atoms with Gasteiger partial charge in [0.2, 0.25) is 0 Å². The Kier molecular flexibility index (Phi) is 3.52. The van der Waals surface area contributed by atoms with Gasteiger partial charge in [-0.15, -0.1) is 0 Å². The lowest BCUT2D eigenvalue weighted by Crippen LogP contribution is -2.22. The van der Waals surface area contributed by atoms with Gasteiger partial charge in [-0.05, 0) is 12.0 Å². The van der Waals surface area contributed by atoms with Gasteiger partial charge < -0.3 is 0 Å². The van der Waals surface area contributed by atoms with Gasteiger partial charge in [0.25, 0.3) is 0 Å². The standard InChI is InChI=1S/C11H14BrNS/c12-11(9-4-2-1-3-5-9)13-7-6-10(14)8-13/h1-5,10-11,14H,6-8H2. The molecule has 1 heterocycles. The van der Waals surface area contributed by atoms with Gasteiger partial charge in [-0.25, -0.2) is 0 Å². The second-order valence-corrected chi connectivity index (χ2v) is 5.28. The molecule has 2 rings (SSSR count). The molecule has 1 aromatic carbocycles. The van der Waals surface area contributed by atoms with Gasteiger partial charge >= 0.3 is 0 Å². The van der Waals surface area contributed by atoms with Gasteiger partial charge in [0.15, 0.2) is 0 Å². The molecule has 0 saturated carbocycles. The lowest BCUT2D eigenvalue weighted by molar-refractivity contribution is 0.328. The molecule has 1 saturated heterocycles. The smallest absolute Gasteiger partial charge is 0.0911 e. The molecule has 1 fully saturated rings. The predicted molar refractivity (Wildman–Crippen MR) is 67.1 cm³/mol. The molecule has 0 radical (unpaired) electrons. The summed E-state index contributed by atoms with van der Waals surface area (Å²) in [5, 5.41) is 0.541. The van der Waals surface area contributed by atoms with E-state index < -0.39 is 0 Å². The zero-order valence-corrected chi connectivity index (χ0v) is 10.4. The topological polar surface area (TPSA) is 3.24 Å². The predicted octanol–water partition coefficient (Wildman–Crippen LogP) is 3.08. The Labute approximate surface area is 99.0 Å². The quantitative estimate of drug-likeness (QED) is 0.492. The van der Waals surface area contributed by atoms with E-state index in [1.165, 1.54) is 12.0 Å². The summed E-state index contributed by atoms with van der Waals surface area (Å²) in [5.74, 6) is 0. The zero-order chi connectivity index (χ0) is 9.97.